The smallest absolute Gasteiger partial charge is 0.243 e. The predicted molar refractivity (Wildman–Crippen MR) is 155 cm³/mol. The van der Waals surface area contributed by atoms with Gasteiger partial charge in [-0.15, -0.1) is 0 Å². The number of hydrogen-bond donors (Lipinski definition) is 0. The molecule has 1 aliphatic heterocycles. The Bertz CT molecular complexity index is 1130. The number of piperidine rings is 1. The minimum Gasteiger partial charge on any atom is -0.497 e. The van der Waals surface area contributed by atoms with Gasteiger partial charge in [-0.1, -0.05) is 13.5 Å². The van der Waals surface area contributed by atoms with E-state index in [9.17, 15) is 13.2 Å². The van der Waals surface area contributed by atoms with E-state index in [1.54, 1.807) is 39.3 Å². The average molecular weight is 547 g/mol. The summed E-state index contributed by atoms with van der Waals surface area (Å²) >= 11 is 0. The Morgan fingerprint density at radius 3 is 2.24 bits per heavy atom. The minimum absolute atomic E-state index is 0. The van der Waals surface area contributed by atoms with Crippen molar-refractivity contribution in [3.05, 3.63) is 47.2 Å². The van der Waals surface area contributed by atoms with Gasteiger partial charge in [0.15, 0.2) is 0 Å². The van der Waals surface area contributed by atoms with Gasteiger partial charge in [0, 0.05) is 45.7 Å². The van der Waals surface area contributed by atoms with Gasteiger partial charge in [0.1, 0.15) is 17.4 Å². The van der Waals surface area contributed by atoms with Gasteiger partial charge in [0.2, 0.25) is 10.0 Å². The Hall–Kier alpha value is -2.49. The minimum atomic E-state index is -3.72. The highest BCUT2D eigenvalue weighted by molar-refractivity contribution is 7.89. The summed E-state index contributed by atoms with van der Waals surface area (Å²) in [5.41, 5.74) is 2.10. The van der Waals surface area contributed by atoms with Crippen LogP contribution in [0, 0.1) is 19.8 Å². The predicted octanol–water partition coefficient (Wildman–Crippen LogP) is 4.33. The molecule has 0 unspecified atom stereocenters. The number of carbonyl (C=O) groups excluding carboxylic acids is 1. The largest absolute Gasteiger partial charge is 0.497 e. The molecular weight excluding hydrogens is 500 g/mol. The molecule has 0 N–H and O–H groups in total. The van der Waals surface area contributed by atoms with Crippen LogP contribution >= 0.6 is 0 Å². The summed E-state index contributed by atoms with van der Waals surface area (Å²) in [6.45, 7) is 6.79. The average Bonchev–Trinajstić information content (AvgIpc) is 2.86. The van der Waals surface area contributed by atoms with Crippen LogP contribution in [0.4, 0.5) is 5.82 Å². The molecule has 1 fully saturated rings. The van der Waals surface area contributed by atoms with E-state index in [2.05, 4.69) is 28.9 Å². The van der Waals surface area contributed by atoms with Crippen LogP contribution in [0.1, 0.15) is 49.8 Å². The van der Waals surface area contributed by atoms with Crippen LogP contribution in [-0.2, 0) is 21.2 Å². The van der Waals surface area contributed by atoms with Crippen molar-refractivity contribution in [1.29, 1.82) is 0 Å². The van der Waals surface area contributed by atoms with Crippen molar-refractivity contribution in [2.75, 3.05) is 59.3 Å². The van der Waals surface area contributed by atoms with Crippen LogP contribution < -0.4 is 9.64 Å². The van der Waals surface area contributed by atoms with Crippen molar-refractivity contribution < 1.29 is 17.9 Å². The first kappa shape index (κ1) is 31.7. The summed E-state index contributed by atoms with van der Waals surface area (Å²) < 4.78 is 32.9. The maximum Gasteiger partial charge on any atom is 0.243 e. The fourth-order valence-corrected chi connectivity index (χ4v) is 6.48. The number of ketones is 1. The third kappa shape index (κ3) is 8.25. The van der Waals surface area contributed by atoms with Crippen LogP contribution in [0.2, 0.25) is 0 Å². The van der Waals surface area contributed by atoms with E-state index in [4.69, 9.17) is 4.74 Å². The van der Waals surface area contributed by atoms with Crippen LogP contribution in [-0.4, -0.2) is 82.8 Å². The molecule has 1 aliphatic rings. The second kappa shape index (κ2) is 14.1. The second-order valence-corrected chi connectivity index (χ2v) is 12.4. The SMILES string of the molecule is C.COc1cc(C)c(S(=O)(=O)N(C)CCC(=O)Cc2ccc(N3CCC(CCN(C)C)CC3)nc2)c(C)c1. The van der Waals surface area contributed by atoms with Gasteiger partial charge >= 0.3 is 0 Å². The topological polar surface area (TPSA) is 83.0 Å². The molecule has 0 amide bonds. The summed E-state index contributed by atoms with van der Waals surface area (Å²) in [4.78, 5) is 22.1. The normalized spacial score (nSPS) is 14.6. The van der Waals surface area contributed by atoms with E-state index in [1.807, 2.05) is 12.1 Å². The highest BCUT2D eigenvalue weighted by atomic mass is 32.2. The van der Waals surface area contributed by atoms with Crippen LogP contribution in [0.5, 0.6) is 5.75 Å². The molecule has 1 aromatic heterocycles. The van der Waals surface area contributed by atoms with E-state index in [0.717, 1.165) is 36.9 Å². The summed E-state index contributed by atoms with van der Waals surface area (Å²) in [5, 5.41) is 0. The Balaban J connectivity index is 0.00000507. The summed E-state index contributed by atoms with van der Waals surface area (Å²) in [6, 6.07) is 7.38. The molecule has 1 aromatic carbocycles. The van der Waals surface area contributed by atoms with Gasteiger partial charge in [-0.25, -0.2) is 17.7 Å². The fourth-order valence-electron chi connectivity index (χ4n) is 4.91. The van der Waals surface area contributed by atoms with Gasteiger partial charge in [0.05, 0.1) is 12.0 Å². The molecule has 9 heteroatoms. The van der Waals surface area contributed by atoms with E-state index in [0.29, 0.717) is 16.9 Å². The molecule has 0 aliphatic carbocycles. The maximum absolute atomic E-state index is 13.2. The first-order valence-electron chi connectivity index (χ1n) is 13.0. The molecule has 2 heterocycles. The van der Waals surface area contributed by atoms with Crippen LogP contribution in [0.3, 0.4) is 0 Å². The van der Waals surface area contributed by atoms with E-state index < -0.39 is 10.0 Å². The quantitative estimate of drug-likeness (QED) is 0.392. The van der Waals surface area contributed by atoms with Crippen molar-refractivity contribution in [3.63, 3.8) is 0 Å². The number of pyridine rings is 1. The Kier molecular flexibility index (Phi) is 11.7. The zero-order valence-corrected chi connectivity index (χ0v) is 24.0. The molecule has 38 heavy (non-hydrogen) atoms. The number of nitrogens with zero attached hydrogens (tertiary/aromatic N) is 4. The monoisotopic (exact) mass is 546 g/mol. The number of Topliss-reactive ketones (excluding diaryl/α,β-unsaturated/α-hetero) is 1. The summed E-state index contributed by atoms with van der Waals surface area (Å²) in [7, 11) is 3.60. The highest BCUT2D eigenvalue weighted by Gasteiger charge is 2.26. The Morgan fingerprint density at radius 2 is 1.71 bits per heavy atom. The number of carbonyl (C=O) groups is 1. The number of methoxy groups -OCH3 is 1. The third-order valence-corrected chi connectivity index (χ3v) is 9.34. The van der Waals surface area contributed by atoms with Gasteiger partial charge in [-0.05, 0) is 94.6 Å². The number of rotatable bonds is 12. The zero-order chi connectivity index (χ0) is 27.2. The first-order valence-corrected chi connectivity index (χ1v) is 14.4. The zero-order valence-electron chi connectivity index (χ0n) is 23.2. The number of aryl methyl sites for hydroxylation is 2. The van der Waals surface area contributed by atoms with E-state index in [-0.39, 0.29) is 37.5 Å². The molecule has 8 nitrogen and oxygen atoms in total. The Labute approximate surface area is 230 Å². The van der Waals surface area contributed by atoms with E-state index in [1.165, 1.54) is 30.6 Å². The molecule has 2 aromatic rings. The van der Waals surface area contributed by atoms with Crippen LogP contribution in [0.15, 0.2) is 35.4 Å². The van der Waals surface area contributed by atoms with Crippen molar-refractivity contribution >= 4 is 21.6 Å². The van der Waals surface area contributed by atoms with Crippen molar-refractivity contribution in [3.8, 4) is 5.75 Å². The van der Waals surface area contributed by atoms with Gasteiger partial charge in [-0.3, -0.25) is 4.79 Å². The van der Waals surface area contributed by atoms with E-state index >= 15 is 0 Å². The third-order valence-electron chi connectivity index (χ3n) is 7.18. The summed E-state index contributed by atoms with van der Waals surface area (Å²) in [6.07, 6.45) is 5.77. The van der Waals surface area contributed by atoms with Crippen molar-refractivity contribution in [2.24, 2.45) is 5.92 Å². The lowest BCUT2D eigenvalue weighted by Crippen LogP contribution is -2.35. The standard InChI is InChI=1S/C28H42N4O4S.CH4/c1-21-17-26(36-6)18-22(2)28(21)37(34,35)31(5)14-12-25(33)19-24-7-8-27(29-20-24)32-15-10-23(11-16-32)9-13-30(3)4;/h7-8,17-18,20,23H,9-16,19H2,1-6H3;1H4. The lowest BCUT2D eigenvalue weighted by molar-refractivity contribution is -0.118. The molecule has 0 spiro atoms. The molecule has 212 valence electrons. The summed E-state index contributed by atoms with van der Waals surface area (Å²) in [5.74, 6) is 2.34. The molecule has 0 saturated carbocycles. The molecule has 0 radical (unpaired) electrons. The van der Waals surface area contributed by atoms with Gasteiger partial charge in [-0.2, -0.15) is 0 Å². The fraction of sp³-hybridized carbons (Fsp3) is 0.586. The van der Waals surface area contributed by atoms with Crippen LogP contribution in [0.25, 0.3) is 0 Å². The lowest BCUT2D eigenvalue weighted by Gasteiger charge is -2.33. The lowest BCUT2D eigenvalue weighted by atomic mass is 9.93. The molecular formula is C29H46N4O4S. The number of aromatic nitrogens is 1. The number of benzene rings is 1. The number of anilines is 1. The molecule has 0 atom stereocenters. The van der Waals surface area contributed by atoms with Crippen molar-refractivity contribution in [2.45, 2.75) is 58.3 Å². The number of hydrogen-bond acceptors (Lipinski definition) is 7. The highest BCUT2D eigenvalue weighted by Crippen LogP contribution is 2.28. The number of sulfonamides is 1. The number of ether oxygens (including phenoxy) is 1. The molecule has 1 saturated heterocycles. The second-order valence-electron chi connectivity index (χ2n) is 10.4. The maximum atomic E-state index is 13.2. The van der Waals surface area contributed by atoms with Gasteiger partial charge < -0.3 is 14.5 Å². The van der Waals surface area contributed by atoms with Gasteiger partial charge in [0.25, 0.3) is 0 Å². The first-order chi connectivity index (χ1) is 17.5. The Morgan fingerprint density at radius 1 is 1.08 bits per heavy atom. The van der Waals surface area contributed by atoms with Crippen molar-refractivity contribution in [1.82, 2.24) is 14.2 Å². The molecule has 3 rings (SSSR count). The molecule has 0 bridgehead atoms.